The maximum atomic E-state index is 12.1. The summed E-state index contributed by atoms with van der Waals surface area (Å²) in [4.78, 5) is 27.1. The number of aromatic nitrogens is 4. The van der Waals surface area contributed by atoms with E-state index in [-0.39, 0.29) is 18.9 Å². The Morgan fingerprint density at radius 3 is 2.92 bits per heavy atom. The van der Waals surface area contributed by atoms with Crippen LogP contribution in [0.1, 0.15) is 17.5 Å². The quantitative estimate of drug-likeness (QED) is 0.446. The first-order chi connectivity index (χ1) is 12.2. The maximum absolute atomic E-state index is 12.1. The summed E-state index contributed by atoms with van der Waals surface area (Å²) in [5.41, 5.74) is 3.13. The molecule has 0 spiro atoms. The zero-order valence-corrected chi connectivity index (χ0v) is 13.4. The highest BCUT2D eigenvalue weighted by Crippen LogP contribution is 2.20. The van der Waals surface area contributed by atoms with E-state index in [1.165, 1.54) is 0 Å². The molecule has 3 aromatic heterocycles. The molecule has 4 aromatic rings. The van der Waals surface area contributed by atoms with Gasteiger partial charge in [-0.25, -0.2) is 9.97 Å². The first-order valence-electron chi connectivity index (χ1n) is 8.01. The number of imidazole rings is 1. The van der Waals surface area contributed by atoms with Gasteiger partial charge in [-0.15, -0.1) is 0 Å². The zero-order valence-electron chi connectivity index (χ0n) is 13.4. The van der Waals surface area contributed by atoms with Gasteiger partial charge in [-0.3, -0.25) is 4.79 Å². The van der Waals surface area contributed by atoms with Crippen LogP contribution in [0.15, 0.2) is 48.8 Å². The van der Waals surface area contributed by atoms with Gasteiger partial charge in [-0.05, 0) is 11.6 Å². The molecule has 0 bridgehead atoms. The van der Waals surface area contributed by atoms with Crippen LogP contribution in [0, 0.1) is 0 Å². The van der Waals surface area contributed by atoms with E-state index in [1.54, 1.807) is 6.20 Å². The zero-order chi connectivity index (χ0) is 17.2. The summed E-state index contributed by atoms with van der Waals surface area (Å²) in [7, 11) is 0. The van der Waals surface area contributed by atoms with Crippen LogP contribution >= 0.6 is 0 Å². The van der Waals surface area contributed by atoms with Gasteiger partial charge in [0.25, 0.3) is 0 Å². The molecule has 126 valence electrons. The van der Waals surface area contributed by atoms with E-state index in [4.69, 9.17) is 0 Å². The van der Waals surface area contributed by atoms with E-state index >= 15 is 0 Å². The van der Waals surface area contributed by atoms with E-state index in [2.05, 4.69) is 25.3 Å². The molecule has 0 fully saturated rings. The van der Waals surface area contributed by atoms with Crippen molar-refractivity contribution < 1.29 is 9.90 Å². The minimum Gasteiger partial charge on any atom is -0.387 e. The third-order valence-electron chi connectivity index (χ3n) is 4.10. The number of hydrogen-bond acceptors (Lipinski definition) is 4. The van der Waals surface area contributed by atoms with Gasteiger partial charge in [0.2, 0.25) is 5.91 Å². The van der Waals surface area contributed by atoms with Crippen LogP contribution in [0.2, 0.25) is 0 Å². The highest BCUT2D eigenvalue weighted by atomic mass is 16.3. The van der Waals surface area contributed by atoms with Crippen molar-refractivity contribution in [2.45, 2.75) is 12.5 Å². The minimum atomic E-state index is -0.732. The van der Waals surface area contributed by atoms with Crippen molar-refractivity contribution in [2.24, 2.45) is 0 Å². The third kappa shape index (κ3) is 3.09. The average molecular weight is 335 g/mol. The number of nitrogens with one attached hydrogen (secondary N) is 3. The summed E-state index contributed by atoms with van der Waals surface area (Å²) < 4.78 is 0. The second kappa shape index (κ2) is 6.37. The van der Waals surface area contributed by atoms with Crippen molar-refractivity contribution in [1.29, 1.82) is 0 Å². The summed E-state index contributed by atoms with van der Waals surface area (Å²) in [5, 5.41) is 13.8. The molecule has 7 heteroatoms. The van der Waals surface area contributed by atoms with Gasteiger partial charge in [-0.1, -0.05) is 30.3 Å². The van der Waals surface area contributed by atoms with Crippen LogP contribution in [0.25, 0.3) is 22.1 Å². The minimum absolute atomic E-state index is 0.113. The fraction of sp³-hybridized carbons (Fsp3) is 0.167. The lowest BCUT2D eigenvalue weighted by Gasteiger charge is -2.11. The number of H-pyrrole nitrogens is 2. The predicted molar refractivity (Wildman–Crippen MR) is 93.9 cm³/mol. The number of pyridine rings is 1. The van der Waals surface area contributed by atoms with Gasteiger partial charge < -0.3 is 20.4 Å². The molecule has 0 aliphatic heterocycles. The predicted octanol–water partition coefficient (Wildman–Crippen LogP) is 1.83. The first-order valence-corrected chi connectivity index (χ1v) is 8.01. The normalized spacial score (nSPS) is 12.5. The number of fused-ring (bicyclic) bond motifs is 3. The van der Waals surface area contributed by atoms with Crippen molar-refractivity contribution in [1.82, 2.24) is 25.3 Å². The maximum Gasteiger partial charge on any atom is 0.227 e. The Morgan fingerprint density at radius 2 is 2.08 bits per heavy atom. The largest absolute Gasteiger partial charge is 0.387 e. The molecule has 1 amide bonds. The van der Waals surface area contributed by atoms with Gasteiger partial charge in [0.1, 0.15) is 17.0 Å². The Kier molecular flexibility index (Phi) is 3.91. The van der Waals surface area contributed by atoms with Gasteiger partial charge >= 0.3 is 0 Å². The average Bonchev–Trinajstić information content (AvgIpc) is 3.26. The molecule has 0 aliphatic carbocycles. The Hall–Kier alpha value is -3.19. The number of rotatable bonds is 5. The summed E-state index contributed by atoms with van der Waals surface area (Å²) in [6, 6.07) is 11.2. The molecule has 0 saturated carbocycles. The Morgan fingerprint density at radius 1 is 1.24 bits per heavy atom. The summed E-state index contributed by atoms with van der Waals surface area (Å²) >= 11 is 0. The highest BCUT2D eigenvalue weighted by molar-refractivity contribution is 6.00. The molecule has 4 rings (SSSR count). The number of carbonyl (C=O) groups excluding carboxylic acids is 1. The van der Waals surface area contributed by atoms with Crippen molar-refractivity contribution in [3.63, 3.8) is 0 Å². The van der Waals surface area contributed by atoms with E-state index < -0.39 is 6.10 Å². The van der Waals surface area contributed by atoms with Crippen molar-refractivity contribution in [2.75, 3.05) is 6.54 Å². The number of carbonyl (C=O) groups is 1. The topological polar surface area (TPSA) is 107 Å². The third-order valence-corrected chi connectivity index (χ3v) is 4.10. The summed E-state index contributed by atoms with van der Waals surface area (Å²) in [5.74, 6) is 0.365. The van der Waals surface area contributed by atoms with Crippen molar-refractivity contribution in [3.8, 4) is 0 Å². The smallest absolute Gasteiger partial charge is 0.227 e. The number of hydrogen-bond donors (Lipinski definition) is 4. The number of nitrogens with zero attached hydrogens (tertiary/aromatic N) is 2. The Balaban J connectivity index is 1.43. The molecule has 1 aromatic carbocycles. The van der Waals surface area contributed by atoms with Crippen molar-refractivity contribution in [3.05, 3.63) is 60.2 Å². The number of aromatic amines is 2. The standard InChI is InChI=1S/C18H17N5O2/c24-14(11-4-2-1-3-5-11)10-20-16(25)8-15-22-13-9-21-18-12(6-7-19-18)17(13)23-15/h1-7,9,14,24H,8,10H2,(H,19,21)(H,20,25)(H,22,23). The Bertz CT molecular complexity index is 1020. The van der Waals surface area contributed by atoms with Gasteiger partial charge in [0.05, 0.1) is 24.2 Å². The lowest BCUT2D eigenvalue weighted by Crippen LogP contribution is -2.29. The highest BCUT2D eigenvalue weighted by Gasteiger charge is 2.13. The second-order valence-electron chi connectivity index (χ2n) is 5.85. The summed E-state index contributed by atoms with van der Waals surface area (Å²) in [6.45, 7) is 0.159. The van der Waals surface area contributed by atoms with Crippen LogP contribution in [0.4, 0.5) is 0 Å². The fourth-order valence-corrected chi connectivity index (χ4v) is 2.83. The second-order valence-corrected chi connectivity index (χ2v) is 5.85. The SMILES string of the molecule is O=C(Cc1nc2cnc3[nH]ccc3c2[nH]1)NCC(O)c1ccccc1. The molecule has 1 unspecified atom stereocenters. The fourth-order valence-electron chi connectivity index (χ4n) is 2.83. The Labute approximate surface area is 143 Å². The molecule has 7 nitrogen and oxygen atoms in total. The number of aliphatic hydroxyl groups excluding tert-OH is 1. The number of amides is 1. The molecule has 25 heavy (non-hydrogen) atoms. The lowest BCUT2D eigenvalue weighted by molar-refractivity contribution is -0.121. The van der Waals surface area contributed by atoms with Gasteiger partial charge in [0, 0.05) is 18.1 Å². The van der Waals surface area contributed by atoms with Crippen molar-refractivity contribution >= 4 is 28.0 Å². The molecular formula is C18H17N5O2. The molecule has 0 aliphatic rings. The van der Waals surface area contributed by atoms with E-state index in [9.17, 15) is 9.90 Å². The van der Waals surface area contributed by atoms with Gasteiger partial charge in [-0.2, -0.15) is 0 Å². The monoisotopic (exact) mass is 335 g/mol. The number of aliphatic hydroxyl groups is 1. The molecule has 0 saturated heterocycles. The van der Waals surface area contributed by atoms with E-state index in [0.717, 1.165) is 27.6 Å². The summed E-state index contributed by atoms with van der Waals surface area (Å²) in [6.07, 6.45) is 2.87. The van der Waals surface area contributed by atoms with Crippen LogP contribution in [0.5, 0.6) is 0 Å². The number of benzene rings is 1. The van der Waals surface area contributed by atoms with Crippen LogP contribution < -0.4 is 5.32 Å². The molecule has 4 N–H and O–H groups in total. The van der Waals surface area contributed by atoms with E-state index in [1.807, 2.05) is 42.6 Å². The molecule has 1 atom stereocenters. The lowest BCUT2D eigenvalue weighted by atomic mass is 10.1. The van der Waals surface area contributed by atoms with Crippen LogP contribution in [0.3, 0.4) is 0 Å². The molecular weight excluding hydrogens is 318 g/mol. The van der Waals surface area contributed by atoms with E-state index in [0.29, 0.717) is 5.82 Å². The van der Waals surface area contributed by atoms with Crippen LogP contribution in [-0.2, 0) is 11.2 Å². The first kappa shape index (κ1) is 15.3. The molecule has 3 heterocycles. The van der Waals surface area contributed by atoms with Crippen LogP contribution in [-0.4, -0.2) is 37.5 Å². The van der Waals surface area contributed by atoms with Gasteiger partial charge in [0.15, 0.2) is 0 Å². The molecule has 0 radical (unpaired) electrons.